The van der Waals surface area contributed by atoms with E-state index in [0.29, 0.717) is 12.3 Å². The minimum absolute atomic E-state index is 0.0372. The van der Waals surface area contributed by atoms with Gasteiger partial charge < -0.3 is 14.8 Å². The lowest BCUT2D eigenvalue weighted by molar-refractivity contribution is -0.120. The highest BCUT2D eigenvalue weighted by Gasteiger charge is 2.12. The van der Waals surface area contributed by atoms with Crippen LogP contribution in [-0.2, 0) is 11.3 Å². The van der Waals surface area contributed by atoms with E-state index in [1.807, 2.05) is 13.0 Å². The third-order valence-corrected chi connectivity index (χ3v) is 2.98. The second-order valence-electron chi connectivity index (χ2n) is 3.03. The summed E-state index contributed by atoms with van der Waals surface area (Å²) < 4.78 is 5.08. The Balaban J connectivity index is 2.23. The molecule has 0 saturated heterocycles. The van der Waals surface area contributed by atoms with Crippen molar-refractivity contribution in [1.29, 1.82) is 0 Å². The lowest BCUT2D eigenvalue weighted by Crippen LogP contribution is -2.30. The molecule has 0 fully saturated rings. The molecule has 0 bridgehead atoms. The van der Waals surface area contributed by atoms with E-state index in [4.69, 9.17) is 9.52 Å². The number of aliphatic hydroxyl groups excluding tert-OH is 1. The predicted molar refractivity (Wildman–Crippen MR) is 59.6 cm³/mol. The Morgan fingerprint density at radius 1 is 1.73 bits per heavy atom. The van der Waals surface area contributed by atoms with Gasteiger partial charge in [-0.2, -0.15) is 0 Å². The average Bonchev–Trinajstić information content (AvgIpc) is 2.75. The number of aliphatic hydroxyl groups is 1. The van der Waals surface area contributed by atoms with Crippen molar-refractivity contribution in [2.75, 3.05) is 12.4 Å². The van der Waals surface area contributed by atoms with Gasteiger partial charge in [0.1, 0.15) is 5.76 Å². The number of nitrogens with one attached hydrogen (secondary N) is 1. The van der Waals surface area contributed by atoms with Gasteiger partial charge in [0.15, 0.2) is 0 Å². The highest BCUT2D eigenvalue weighted by molar-refractivity contribution is 8.00. The van der Waals surface area contributed by atoms with Gasteiger partial charge in [0.25, 0.3) is 0 Å². The van der Waals surface area contributed by atoms with Crippen LogP contribution in [0, 0.1) is 0 Å². The number of rotatable bonds is 6. The highest BCUT2D eigenvalue weighted by atomic mass is 32.2. The molecular formula is C10H15NO3S. The summed E-state index contributed by atoms with van der Waals surface area (Å²) in [7, 11) is 0. The summed E-state index contributed by atoms with van der Waals surface area (Å²) in [6, 6.07) is 3.59. The van der Waals surface area contributed by atoms with Gasteiger partial charge in [0.05, 0.1) is 24.7 Å². The van der Waals surface area contributed by atoms with Crippen LogP contribution in [0.3, 0.4) is 0 Å². The SMILES string of the molecule is CC(SCCO)C(=O)NCc1ccco1. The summed E-state index contributed by atoms with van der Waals surface area (Å²) >= 11 is 1.43. The Morgan fingerprint density at radius 3 is 3.13 bits per heavy atom. The fraction of sp³-hybridized carbons (Fsp3) is 0.500. The third-order valence-electron chi connectivity index (χ3n) is 1.85. The van der Waals surface area contributed by atoms with Crippen molar-refractivity contribution in [3.05, 3.63) is 24.2 Å². The number of carbonyl (C=O) groups excluding carboxylic acids is 1. The van der Waals surface area contributed by atoms with Crippen LogP contribution in [0.15, 0.2) is 22.8 Å². The fourth-order valence-electron chi connectivity index (χ4n) is 1.04. The molecule has 0 saturated carbocycles. The molecule has 1 heterocycles. The zero-order valence-corrected chi connectivity index (χ0v) is 9.42. The van der Waals surface area contributed by atoms with Gasteiger partial charge in [0, 0.05) is 5.75 Å². The molecule has 5 heteroatoms. The molecule has 1 aromatic rings. The monoisotopic (exact) mass is 229 g/mol. The van der Waals surface area contributed by atoms with E-state index in [-0.39, 0.29) is 17.8 Å². The number of furan rings is 1. The van der Waals surface area contributed by atoms with Crippen molar-refractivity contribution in [2.24, 2.45) is 0 Å². The molecule has 0 aliphatic carbocycles. The fourth-order valence-corrected chi connectivity index (χ4v) is 1.73. The van der Waals surface area contributed by atoms with E-state index in [9.17, 15) is 4.79 Å². The van der Waals surface area contributed by atoms with Crippen molar-refractivity contribution >= 4 is 17.7 Å². The predicted octanol–water partition coefficient (Wildman–Crippen LogP) is 1.01. The summed E-state index contributed by atoms with van der Waals surface area (Å²) in [6.07, 6.45) is 1.57. The Labute approximate surface area is 93.0 Å². The third kappa shape index (κ3) is 4.40. The zero-order chi connectivity index (χ0) is 11.1. The largest absolute Gasteiger partial charge is 0.467 e. The molecule has 0 aliphatic rings. The Kier molecular flexibility index (Phi) is 5.28. The second-order valence-corrected chi connectivity index (χ2v) is 4.48. The summed E-state index contributed by atoms with van der Waals surface area (Å²) in [5.74, 6) is 1.28. The molecule has 2 N–H and O–H groups in total. The summed E-state index contributed by atoms with van der Waals surface area (Å²) in [5, 5.41) is 11.2. The van der Waals surface area contributed by atoms with Crippen LogP contribution in [0.4, 0.5) is 0 Å². The van der Waals surface area contributed by atoms with Crippen LogP contribution in [0.1, 0.15) is 12.7 Å². The Bertz CT molecular complexity index is 287. The van der Waals surface area contributed by atoms with Crippen molar-refractivity contribution in [3.8, 4) is 0 Å². The Morgan fingerprint density at radius 2 is 2.53 bits per heavy atom. The van der Waals surface area contributed by atoms with E-state index in [2.05, 4.69) is 5.32 Å². The molecular weight excluding hydrogens is 214 g/mol. The lowest BCUT2D eigenvalue weighted by Gasteiger charge is -2.09. The maximum Gasteiger partial charge on any atom is 0.233 e. The van der Waals surface area contributed by atoms with E-state index in [1.165, 1.54) is 11.8 Å². The first-order valence-electron chi connectivity index (χ1n) is 4.76. The standard InChI is InChI=1S/C10H15NO3S/c1-8(15-6-4-12)10(13)11-7-9-3-2-5-14-9/h2-3,5,8,12H,4,6-7H2,1H3,(H,11,13). The van der Waals surface area contributed by atoms with Gasteiger partial charge in [-0.15, -0.1) is 11.8 Å². The van der Waals surface area contributed by atoms with Crippen LogP contribution in [0.5, 0.6) is 0 Å². The molecule has 0 radical (unpaired) electrons. The number of carbonyl (C=O) groups is 1. The van der Waals surface area contributed by atoms with E-state index >= 15 is 0 Å². The maximum atomic E-state index is 11.5. The molecule has 1 atom stereocenters. The molecule has 0 aliphatic heterocycles. The molecule has 15 heavy (non-hydrogen) atoms. The van der Waals surface area contributed by atoms with Crippen molar-refractivity contribution in [3.63, 3.8) is 0 Å². The number of thioether (sulfide) groups is 1. The first kappa shape index (κ1) is 12.1. The maximum absolute atomic E-state index is 11.5. The van der Waals surface area contributed by atoms with Crippen LogP contribution >= 0.6 is 11.8 Å². The smallest absolute Gasteiger partial charge is 0.233 e. The topological polar surface area (TPSA) is 62.5 Å². The van der Waals surface area contributed by atoms with Crippen molar-refractivity contribution in [2.45, 2.75) is 18.7 Å². The van der Waals surface area contributed by atoms with Gasteiger partial charge in [-0.3, -0.25) is 4.79 Å². The Hall–Kier alpha value is -0.940. The molecule has 1 rings (SSSR count). The minimum Gasteiger partial charge on any atom is -0.467 e. The van der Waals surface area contributed by atoms with Gasteiger partial charge >= 0.3 is 0 Å². The van der Waals surface area contributed by atoms with E-state index < -0.39 is 0 Å². The normalized spacial score (nSPS) is 12.4. The van der Waals surface area contributed by atoms with Gasteiger partial charge in [-0.25, -0.2) is 0 Å². The second kappa shape index (κ2) is 6.53. The highest BCUT2D eigenvalue weighted by Crippen LogP contribution is 2.09. The lowest BCUT2D eigenvalue weighted by atomic mass is 10.4. The number of hydrogen-bond acceptors (Lipinski definition) is 4. The van der Waals surface area contributed by atoms with Crippen LogP contribution < -0.4 is 5.32 Å². The van der Waals surface area contributed by atoms with Gasteiger partial charge in [0.2, 0.25) is 5.91 Å². The first-order valence-corrected chi connectivity index (χ1v) is 5.81. The van der Waals surface area contributed by atoms with Crippen LogP contribution in [-0.4, -0.2) is 28.6 Å². The van der Waals surface area contributed by atoms with Gasteiger partial charge in [-0.05, 0) is 19.1 Å². The van der Waals surface area contributed by atoms with E-state index in [1.54, 1.807) is 12.3 Å². The number of hydrogen-bond donors (Lipinski definition) is 2. The quantitative estimate of drug-likeness (QED) is 0.764. The molecule has 1 aromatic heterocycles. The molecule has 84 valence electrons. The molecule has 1 amide bonds. The average molecular weight is 229 g/mol. The minimum atomic E-state index is -0.146. The molecule has 4 nitrogen and oxygen atoms in total. The first-order chi connectivity index (χ1) is 7.24. The van der Waals surface area contributed by atoms with Crippen LogP contribution in [0.25, 0.3) is 0 Å². The summed E-state index contributed by atoms with van der Waals surface area (Å²) in [6.45, 7) is 2.33. The number of amides is 1. The van der Waals surface area contributed by atoms with E-state index in [0.717, 1.165) is 5.76 Å². The van der Waals surface area contributed by atoms with Crippen molar-refractivity contribution < 1.29 is 14.3 Å². The summed E-state index contributed by atoms with van der Waals surface area (Å²) in [4.78, 5) is 11.5. The molecule has 0 spiro atoms. The molecule has 1 unspecified atom stereocenters. The van der Waals surface area contributed by atoms with Gasteiger partial charge in [-0.1, -0.05) is 0 Å². The van der Waals surface area contributed by atoms with Crippen molar-refractivity contribution in [1.82, 2.24) is 5.32 Å². The summed E-state index contributed by atoms with van der Waals surface area (Å²) in [5.41, 5.74) is 0. The zero-order valence-electron chi connectivity index (χ0n) is 8.60. The van der Waals surface area contributed by atoms with Crippen LogP contribution in [0.2, 0.25) is 0 Å². The molecule has 0 aromatic carbocycles.